The average Bonchev–Trinajstić information content (AvgIpc) is 2.87. The molecule has 1 N–H and O–H groups in total. The molecule has 4 nitrogen and oxygen atoms in total. The maximum absolute atomic E-state index is 14.1. The molecule has 0 saturated heterocycles. The maximum Gasteiger partial charge on any atom is 0.306 e. The Kier molecular flexibility index (Phi) is 7.99. The molecule has 0 aliphatic carbocycles. The van der Waals surface area contributed by atoms with Crippen LogP contribution in [0.15, 0.2) is 84.9 Å². The minimum atomic E-state index is -0.762. The summed E-state index contributed by atoms with van der Waals surface area (Å²) in [6, 6.07) is 25.9. The molecule has 4 aromatic carbocycles. The van der Waals surface area contributed by atoms with Gasteiger partial charge in [-0.15, -0.1) is 0 Å². The summed E-state index contributed by atoms with van der Waals surface area (Å²) < 4.78 is 26.1. The summed E-state index contributed by atoms with van der Waals surface area (Å²) in [5.74, 6) is -0.101. The van der Waals surface area contributed by atoms with E-state index in [9.17, 15) is 14.3 Å². The van der Waals surface area contributed by atoms with Gasteiger partial charge in [-0.2, -0.15) is 0 Å². The minimum Gasteiger partial charge on any atom is -0.489 e. The molecule has 1 unspecified atom stereocenters. The van der Waals surface area contributed by atoms with Crippen LogP contribution in [0.5, 0.6) is 11.5 Å². The van der Waals surface area contributed by atoms with Crippen molar-refractivity contribution in [2.24, 2.45) is 5.92 Å². The van der Waals surface area contributed by atoms with Crippen LogP contribution in [0.3, 0.4) is 0 Å². The number of benzene rings is 4. The van der Waals surface area contributed by atoms with E-state index in [1.807, 2.05) is 79.7 Å². The lowest BCUT2D eigenvalue weighted by Crippen LogP contribution is -2.17. The van der Waals surface area contributed by atoms with E-state index < -0.39 is 11.9 Å². The Bertz CT molecular complexity index is 1300. The SMILES string of the molecule is CCCC(Cc1ccccc1COc1cccc(OCc2ccc3cccc(F)c3c2)c1)C(=O)O. The molecular formula is C30H29FO4. The third kappa shape index (κ3) is 6.38. The highest BCUT2D eigenvalue weighted by atomic mass is 19.1. The number of carboxylic acids is 1. The highest BCUT2D eigenvalue weighted by Crippen LogP contribution is 2.25. The molecule has 0 bridgehead atoms. The number of halogens is 1. The van der Waals surface area contributed by atoms with Gasteiger partial charge in [0.1, 0.15) is 30.5 Å². The van der Waals surface area contributed by atoms with Crippen LogP contribution in [0.2, 0.25) is 0 Å². The molecule has 180 valence electrons. The van der Waals surface area contributed by atoms with Gasteiger partial charge < -0.3 is 14.6 Å². The van der Waals surface area contributed by atoms with Crippen LogP contribution in [0.1, 0.15) is 36.5 Å². The number of hydrogen-bond acceptors (Lipinski definition) is 3. The highest BCUT2D eigenvalue weighted by molar-refractivity contribution is 5.83. The Balaban J connectivity index is 1.40. The first-order valence-corrected chi connectivity index (χ1v) is 11.9. The van der Waals surface area contributed by atoms with Crippen molar-refractivity contribution < 1.29 is 23.8 Å². The summed E-state index contributed by atoms with van der Waals surface area (Å²) in [6.45, 7) is 2.64. The molecular weight excluding hydrogens is 443 g/mol. The Morgan fingerprint density at radius 1 is 0.857 bits per heavy atom. The third-order valence-electron chi connectivity index (χ3n) is 6.07. The standard InChI is InChI=1S/C30H29FO4/c1-2-7-24(30(32)33)17-23-8-3-4-9-25(23)20-35-27-12-6-11-26(18-27)34-19-21-14-15-22-10-5-13-29(31)28(22)16-21/h3-6,8-16,18,24H,2,7,17,19-20H2,1H3,(H,32,33). The second kappa shape index (κ2) is 11.5. The number of carbonyl (C=O) groups is 1. The van der Waals surface area contributed by atoms with E-state index in [2.05, 4.69) is 0 Å². The molecule has 0 spiro atoms. The van der Waals surface area contributed by atoms with Gasteiger partial charge in [0.15, 0.2) is 0 Å². The monoisotopic (exact) mass is 472 g/mol. The fraction of sp³-hybridized carbons (Fsp3) is 0.233. The molecule has 0 fully saturated rings. The lowest BCUT2D eigenvalue weighted by atomic mass is 9.92. The van der Waals surface area contributed by atoms with Crippen LogP contribution in [-0.4, -0.2) is 11.1 Å². The number of ether oxygens (including phenoxy) is 2. The van der Waals surface area contributed by atoms with Gasteiger partial charge in [-0.25, -0.2) is 4.39 Å². The minimum absolute atomic E-state index is 0.246. The second-order valence-corrected chi connectivity index (χ2v) is 8.64. The van der Waals surface area contributed by atoms with Crippen LogP contribution in [0.25, 0.3) is 10.8 Å². The summed E-state index contributed by atoms with van der Waals surface area (Å²) in [5.41, 5.74) is 2.84. The van der Waals surface area contributed by atoms with Crippen molar-refractivity contribution in [3.05, 3.63) is 107 Å². The molecule has 0 aliphatic heterocycles. The van der Waals surface area contributed by atoms with Crippen molar-refractivity contribution in [2.75, 3.05) is 0 Å². The highest BCUT2D eigenvalue weighted by Gasteiger charge is 2.18. The van der Waals surface area contributed by atoms with Crippen LogP contribution in [0, 0.1) is 11.7 Å². The first kappa shape index (κ1) is 24.3. The Morgan fingerprint density at radius 2 is 1.57 bits per heavy atom. The molecule has 0 aliphatic rings. The summed E-state index contributed by atoms with van der Waals surface area (Å²) in [7, 11) is 0. The van der Waals surface area contributed by atoms with Crippen molar-refractivity contribution in [3.8, 4) is 11.5 Å². The zero-order valence-corrected chi connectivity index (χ0v) is 19.7. The first-order chi connectivity index (χ1) is 17.0. The number of carboxylic acid groups (broad SMARTS) is 1. The summed E-state index contributed by atoms with van der Waals surface area (Å²) >= 11 is 0. The van der Waals surface area contributed by atoms with Crippen molar-refractivity contribution >= 4 is 16.7 Å². The van der Waals surface area contributed by atoms with E-state index in [4.69, 9.17) is 9.47 Å². The van der Waals surface area contributed by atoms with Crippen molar-refractivity contribution in [3.63, 3.8) is 0 Å². The average molecular weight is 473 g/mol. The molecule has 0 radical (unpaired) electrons. The predicted molar refractivity (Wildman–Crippen MR) is 135 cm³/mol. The Hall–Kier alpha value is -3.86. The Morgan fingerprint density at radius 3 is 2.31 bits per heavy atom. The van der Waals surface area contributed by atoms with Crippen molar-refractivity contribution in [1.82, 2.24) is 0 Å². The predicted octanol–water partition coefficient (Wildman–Crippen LogP) is 7.18. The van der Waals surface area contributed by atoms with Crippen LogP contribution >= 0.6 is 0 Å². The fourth-order valence-electron chi connectivity index (χ4n) is 4.18. The van der Waals surface area contributed by atoms with Gasteiger partial charge in [0.05, 0.1) is 5.92 Å². The molecule has 1 atom stereocenters. The lowest BCUT2D eigenvalue weighted by molar-refractivity contribution is -0.141. The molecule has 35 heavy (non-hydrogen) atoms. The maximum atomic E-state index is 14.1. The van der Waals surface area contributed by atoms with Gasteiger partial charge >= 0.3 is 5.97 Å². The summed E-state index contributed by atoms with van der Waals surface area (Å²) in [5, 5.41) is 11.0. The van der Waals surface area contributed by atoms with Gasteiger partial charge in [0.25, 0.3) is 0 Å². The van der Waals surface area contributed by atoms with E-state index in [0.717, 1.165) is 28.5 Å². The largest absolute Gasteiger partial charge is 0.489 e. The van der Waals surface area contributed by atoms with Crippen LogP contribution < -0.4 is 9.47 Å². The first-order valence-electron chi connectivity index (χ1n) is 11.9. The van der Waals surface area contributed by atoms with Crippen molar-refractivity contribution in [2.45, 2.75) is 39.4 Å². The van der Waals surface area contributed by atoms with Crippen molar-refractivity contribution in [1.29, 1.82) is 0 Å². The van der Waals surface area contributed by atoms with Gasteiger partial charge in [0.2, 0.25) is 0 Å². The summed E-state index contributed by atoms with van der Waals surface area (Å²) in [4.78, 5) is 11.6. The lowest BCUT2D eigenvalue weighted by Gasteiger charge is -2.15. The number of hydrogen-bond donors (Lipinski definition) is 1. The van der Waals surface area contributed by atoms with Gasteiger partial charge in [-0.3, -0.25) is 4.79 Å². The molecule has 5 heteroatoms. The molecule has 4 aromatic rings. The van der Waals surface area contributed by atoms with Gasteiger partial charge in [-0.1, -0.05) is 67.9 Å². The quantitative estimate of drug-likeness (QED) is 0.251. The van der Waals surface area contributed by atoms with E-state index >= 15 is 0 Å². The Labute approximate surface area is 204 Å². The van der Waals surface area contributed by atoms with Gasteiger partial charge in [0, 0.05) is 11.5 Å². The molecule has 0 amide bonds. The normalized spacial score (nSPS) is 11.8. The topological polar surface area (TPSA) is 55.8 Å². The number of fused-ring (bicyclic) bond motifs is 1. The number of aliphatic carboxylic acids is 1. The second-order valence-electron chi connectivity index (χ2n) is 8.64. The zero-order chi connectivity index (χ0) is 24.6. The molecule has 0 aromatic heterocycles. The molecule has 0 heterocycles. The van der Waals surface area contributed by atoms with E-state index in [-0.39, 0.29) is 5.82 Å². The molecule has 0 saturated carbocycles. The summed E-state index contributed by atoms with van der Waals surface area (Å²) in [6.07, 6.45) is 1.96. The molecule has 4 rings (SSSR count). The van der Waals surface area contributed by atoms with Crippen LogP contribution in [0.4, 0.5) is 4.39 Å². The van der Waals surface area contributed by atoms with E-state index in [1.165, 1.54) is 6.07 Å². The fourth-order valence-corrected chi connectivity index (χ4v) is 4.18. The van der Waals surface area contributed by atoms with E-state index in [1.54, 1.807) is 6.07 Å². The van der Waals surface area contributed by atoms with Crippen LogP contribution in [-0.2, 0) is 24.4 Å². The van der Waals surface area contributed by atoms with Gasteiger partial charge in [-0.05, 0) is 59.2 Å². The number of rotatable bonds is 11. The van der Waals surface area contributed by atoms with E-state index in [0.29, 0.717) is 42.9 Å². The smallest absolute Gasteiger partial charge is 0.306 e. The third-order valence-corrected chi connectivity index (χ3v) is 6.07. The zero-order valence-electron chi connectivity index (χ0n) is 19.7.